The molecule has 0 saturated carbocycles. The Balaban J connectivity index is 1.16. The van der Waals surface area contributed by atoms with E-state index < -0.39 is 0 Å². The highest BCUT2D eigenvalue weighted by Gasteiger charge is 2.21. The molecule has 1 aliphatic rings. The number of amides is 1. The fraction of sp³-hybridized carbons (Fsp3) is 0.233. The Labute approximate surface area is 206 Å². The third-order valence-corrected chi connectivity index (χ3v) is 7.05. The van der Waals surface area contributed by atoms with Crippen molar-refractivity contribution < 1.29 is 4.79 Å². The molecule has 0 bridgehead atoms. The molecule has 1 fully saturated rings. The van der Waals surface area contributed by atoms with E-state index in [-0.39, 0.29) is 5.91 Å². The quantitative estimate of drug-likeness (QED) is 0.337. The average Bonchev–Trinajstić information content (AvgIpc) is 2.89. The number of carbonyl (C=O) groups excluding carboxylic acids is 1. The molecule has 0 unspecified atom stereocenters. The Kier molecular flexibility index (Phi) is 6.94. The maximum Gasteiger partial charge on any atom is 0.251 e. The maximum absolute atomic E-state index is 12.7. The second-order valence-electron chi connectivity index (χ2n) is 9.17. The number of rotatable bonds is 6. The third-order valence-electron chi connectivity index (χ3n) is 6.79. The SMILES string of the molecule is O=C(NCc1cccc(C2CCN(Cc3ccc(Cl)cc3)CC2)c1)c1ccc2ccccc2c1. The van der Waals surface area contributed by atoms with E-state index in [9.17, 15) is 4.79 Å². The number of likely N-dealkylation sites (tertiary alicyclic amines) is 1. The molecule has 1 aliphatic heterocycles. The minimum atomic E-state index is -0.0355. The largest absolute Gasteiger partial charge is 0.348 e. The van der Waals surface area contributed by atoms with Crippen molar-refractivity contribution in [1.29, 1.82) is 0 Å². The van der Waals surface area contributed by atoms with Crippen LogP contribution >= 0.6 is 11.6 Å². The molecule has 3 nitrogen and oxygen atoms in total. The standard InChI is InChI=1S/C30H29ClN2O/c31-29-12-8-22(9-13-29)21-33-16-14-25(15-17-33)26-7-3-4-23(18-26)20-32-30(34)28-11-10-24-5-1-2-6-27(24)19-28/h1-13,18-19,25H,14-17,20-21H2,(H,32,34). The highest BCUT2D eigenvalue weighted by molar-refractivity contribution is 6.30. The fourth-order valence-electron chi connectivity index (χ4n) is 4.84. The van der Waals surface area contributed by atoms with Crippen LogP contribution in [0.25, 0.3) is 10.8 Å². The van der Waals surface area contributed by atoms with Crippen molar-refractivity contribution in [3.8, 4) is 0 Å². The summed E-state index contributed by atoms with van der Waals surface area (Å²) in [5, 5.41) is 6.11. The van der Waals surface area contributed by atoms with Crippen LogP contribution in [-0.2, 0) is 13.1 Å². The Morgan fingerprint density at radius 3 is 2.38 bits per heavy atom. The van der Waals surface area contributed by atoms with Gasteiger partial charge in [0.2, 0.25) is 0 Å². The van der Waals surface area contributed by atoms with Gasteiger partial charge in [-0.25, -0.2) is 0 Å². The maximum atomic E-state index is 12.7. The minimum Gasteiger partial charge on any atom is -0.348 e. The van der Waals surface area contributed by atoms with Crippen molar-refractivity contribution in [3.63, 3.8) is 0 Å². The zero-order chi connectivity index (χ0) is 23.3. The molecule has 34 heavy (non-hydrogen) atoms. The number of carbonyl (C=O) groups is 1. The van der Waals surface area contributed by atoms with Gasteiger partial charge in [0.25, 0.3) is 5.91 Å². The first-order valence-corrected chi connectivity index (χ1v) is 12.3. The van der Waals surface area contributed by atoms with Gasteiger partial charge in [-0.15, -0.1) is 0 Å². The van der Waals surface area contributed by atoms with Crippen LogP contribution in [0.3, 0.4) is 0 Å². The zero-order valence-electron chi connectivity index (χ0n) is 19.2. The lowest BCUT2D eigenvalue weighted by molar-refractivity contribution is 0.0951. The van der Waals surface area contributed by atoms with Gasteiger partial charge in [-0.1, -0.05) is 78.3 Å². The minimum absolute atomic E-state index is 0.0355. The lowest BCUT2D eigenvalue weighted by Gasteiger charge is -2.32. The number of hydrogen-bond donors (Lipinski definition) is 1. The molecule has 0 aliphatic carbocycles. The summed E-state index contributed by atoms with van der Waals surface area (Å²) in [7, 11) is 0. The Bertz CT molecular complexity index is 1280. The van der Waals surface area contributed by atoms with E-state index in [4.69, 9.17) is 11.6 Å². The molecule has 172 valence electrons. The van der Waals surface area contributed by atoms with Gasteiger partial charge in [-0.05, 0) is 83.6 Å². The molecule has 0 atom stereocenters. The van der Waals surface area contributed by atoms with Gasteiger partial charge in [-0.2, -0.15) is 0 Å². The molecule has 0 aromatic heterocycles. The summed E-state index contributed by atoms with van der Waals surface area (Å²) in [6, 6.07) is 30.8. The van der Waals surface area contributed by atoms with Crippen LogP contribution in [0.4, 0.5) is 0 Å². The van der Waals surface area contributed by atoms with Crippen LogP contribution in [0.15, 0.2) is 91.0 Å². The van der Waals surface area contributed by atoms with Gasteiger partial charge in [0.05, 0.1) is 0 Å². The van der Waals surface area contributed by atoms with Gasteiger partial charge >= 0.3 is 0 Å². The molecule has 4 aromatic carbocycles. The van der Waals surface area contributed by atoms with E-state index in [0.717, 1.165) is 53.8 Å². The molecule has 0 spiro atoms. The fourth-order valence-corrected chi connectivity index (χ4v) is 4.97. The first kappa shape index (κ1) is 22.6. The second-order valence-corrected chi connectivity index (χ2v) is 9.60. The highest BCUT2D eigenvalue weighted by atomic mass is 35.5. The Morgan fingerprint density at radius 1 is 0.824 bits per heavy atom. The van der Waals surface area contributed by atoms with E-state index in [1.54, 1.807) is 0 Å². The summed E-state index contributed by atoms with van der Waals surface area (Å²) in [4.78, 5) is 15.3. The first-order chi connectivity index (χ1) is 16.6. The average molecular weight is 469 g/mol. The predicted octanol–water partition coefficient (Wildman–Crippen LogP) is 6.80. The molecular weight excluding hydrogens is 440 g/mol. The molecular formula is C30H29ClN2O. The van der Waals surface area contributed by atoms with Gasteiger partial charge < -0.3 is 5.32 Å². The molecule has 1 heterocycles. The van der Waals surface area contributed by atoms with Crippen LogP contribution in [0, 0.1) is 0 Å². The summed E-state index contributed by atoms with van der Waals surface area (Å²) in [5.41, 5.74) is 4.54. The number of hydrogen-bond acceptors (Lipinski definition) is 2. The molecule has 0 radical (unpaired) electrons. The molecule has 4 aromatic rings. The predicted molar refractivity (Wildman–Crippen MR) is 140 cm³/mol. The summed E-state index contributed by atoms with van der Waals surface area (Å²) in [5.74, 6) is 0.532. The molecule has 4 heteroatoms. The summed E-state index contributed by atoms with van der Waals surface area (Å²) in [6.07, 6.45) is 2.31. The summed E-state index contributed by atoms with van der Waals surface area (Å²) in [6.45, 7) is 3.70. The normalized spacial score (nSPS) is 14.9. The van der Waals surface area contributed by atoms with Crippen LogP contribution in [0.5, 0.6) is 0 Å². The first-order valence-electron chi connectivity index (χ1n) is 12.0. The van der Waals surface area contributed by atoms with Crippen LogP contribution in [0.1, 0.15) is 45.8 Å². The molecule has 1 saturated heterocycles. The third kappa shape index (κ3) is 5.49. The number of fused-ring (bicyclic) bond motifs is 1. The molecule has 1 amide bonds. The topological polar surface area (TPSA) is 32.3 Å². The lowest BCUT2D eigenvalue weighted by atomic mass is 9.88. The van der Waals surface area contributed by atoms with Gasteiger partial charge in [0, 0.05) is 23.7 Å². The van der Waals surface area contributed by atoms with Gasteiger partial charge in [-0.3, -0.25) is 9.69 Å². The second kappa shape index (κ2) is 10.4. The molecule has 1 N–H and O–H groups in total. The van der Waals surface area contributed by atoms with Crippen molar-refractivity contribution in [3.05, 3.63) is 118 Å². The Hall–Kier alpha value is -3.14. The monoisotopic (exact) mass is 468 g/mol. The number of halogens is 1. The van der Waals surface area contributed by atoms with Gasteiger partial charge in [0.15, 0.2) is 0 Å². The smallest absolute Gasteiger partial charge is 0.251 e. The van der Waals surface area contributed by atoms with Crippen molar-refractivity contribution in [2.75, 3.05) is 13.1 Å². The number of nitrogens with one attached hydrogen (secondary N) is 1. The summed E-state index contributed by atoms with van der Waals surface area (Å²) >= 11 is 6.01. The van der Waals surface area contributed by atoms with Crippen molar-refractivity contribution in [1.82, 2.24) is 10.2 Å². The van der Waals surface area contributed by atoms with Crippen LogP contribution in [0.2, 0.25) is 5.02 Å². The van der Waals surface area contributed by atoms with Crippen molar-refractivity contribution in [2.45, 2.75) is 31.8 Å². The number of benzene rings is 4. The van der Waals surface area contributed by atoms with E-state index in [2.05, 4.69) is 52.7 Å². The lowest BCUT2D eigenvalue weighted by Crippen LogP contribution is -2.32. The highest BCUT2D eigenvalue weighted by Crippen LogP contribution is 2.29. The Morgan fingerprint density at radius 2 is 1.59 bits per heavy atom. The number of nitrogens with zero attached hydrogens (tertiary/aromatic N) is 1. The summed E-state index contributed by atoms with van der Waals surface area (Å²) < 4.78 is 0. The van der Waals surface area contributed by atoms with Crippen molar-refractivity contribution in [2.24, 2.45) is 0 Å². The van der Waals surface area contributed by atoms with Crippen LogP contribution in [-0.4, -0.2) is 23.9 Å². The van der Waals surface area contributed by atoms with Crippen LogP contribution < -0.4 is 5.32 Å². The van der Waals surface area contributed by atoms with E-state index in [0.29, 0.717) is 18.0 Å². The molecule has 5 rings (SSSR count). The van der Waals surface area contributed by atoms with Crippen molar-refractivity contribution >= 4 is 28.3 Å². The van der Waals surface area contributed by atoms with Gasteiger partial charge in [0.1, 0.15) is 0 Å². The number of piperidine rings is 1. The zero-order valence-corrected chi connectivity index (χ0v) is 20.0. The van der Waals surface area contributed by atoms with E-state index in [1.807, 2.05) is 48.5 Å². The van der Waals surface area contributed by atoms with E-state index >= 15 is 0 Å². The van der Waals surface area contributed by atoms with E-state index in [1.165, 1.54) is 11.1 Å².